The number of hydrogen-bond acceptors (Lipinski definition) is 3. The number of aromatic nitrogens is 1. The summed E-state index contributed by atoms with van der Waals surface area (Å²) in [6, 6.07) is 2.01. The largest absolute Gasteiger partial charge is 0.339 e. The Morgan fingerprint density at radius 1 is 1.06 bits per heavy atom. The Morgan fingerprint density at radius 3 is 2.65 bits per heavy atom. The Morgan fingerprint density at radius 2 is 1.82 bits per heavy atom. The molecule has 1 heterocycles. The zero-order valence-corrected chi connectivity index (χ0v) is 10.6. The third-order valence-corrected chi connectivity index (χ3v) is 3.37. The first-order valence-electron chi connectivity index (χ1n) is 5.78. The first-order valence-corrected chi connectivity index (χ1v) is 5.78. The fourth-order valence-electron chi connectivity index (χ4n) is 2.50. The van der Waals surface area contributed by atoms with Crippen molar-refractivity contribution in [3.05, 3.63) is 35.0 Å². The number of hydrogen-bond donors (Lipinski definition) is 2. The third-order valence-electron chi connectivity index (χ3n) is 3.37. The average molecular weight is 268 g/mol. The molecule has 2 aliphatic rings. The number of fused-ring (bicyclic) bond motifs is 2. The van der Waals surface area contributed by atoms with Crippen LogP contribution in [0.2, 0.25) is 0 Å². The molecule has 0 saturated heterocycles. The molecule has 0 amide bonds. The van der Waals surface area contributed by atoms with E-state index in [0.29, 0.717) is 11.4 Å². The number of nitrogens with one attached hydrogen (secondary N) is 2. The predicted molar refractivity (Wildman–Crippen MR) is 63.5 cm³/mol. The van der Waals surface area contributed by atoms with Crippen LogP contribution < -0.4 is 0 Å². The summed E-state index contributed by atoms with van der Waals surface area (Å²) in [5.41, 5.74) is 5.32. The maximum absolute atomic E-state index is 7.93. The molecule has 1 aromatic rings. The summed E-state index contributed by atoms with van der Waals surface area (Å²) in [5.74, 6) is 0. The minimum absolute atomic E-state index is 0. The predicted octanol–water partition coefficient (Wildman–Crippen LogP) is 2.30. The van der Waals surface area contributed by atoms with Crippen molar-refractivity contribution in [3.63, 3.8) is 0 Å². The maximum atomic E-state index is 7.93. The molecule has 4 heteroatoms. The summed E-state index contributed by atoms with van der Waals surface area (Å²) in [4.78, 5) is 4.65. The van der Waals surface area contributed by atoms with Gasteiger partial charge in [-0.25, -0.2) is 6.42 Å². The van der Waals surface area contributed by atoms with Gasteiger partial charge in [0.05, 0.1) is 0 Å². The molecule has 2 aliphatic carbocycles. The summed E-state index contributed by atoms with van der Waals surface area (Å²) >= 11 is 0. The molecule has 3 nitrogen and oxygen atoms in total. The molecule has 0 bridgehead atoms. The SMILES string of the molecule is N=C1[CH-]CCc2nc3c(cc21)C(=N)CCC3.[Fe]. The smallest absolute Gasteiger partial charge is 0.0463 e. The summed E-state index contributed by atoms with van der Waals surface area (Å²) in [5, 5.41) is 15.8. The molecule has 0 aromatic carbocycles. The van der Waals surface area contributed by atoms with E-state index in [9.17, 15) is 0 Å². The first-order chi connectivity index (χ1) is 7.75. The zero-order chi connectivity index (χ0) is 11.1. The molecule has 2 N–H and O–H groups in total. The van der Waals surface area contributed by atoms with Gasteiger partial charge in [-0.05, 0) is 36.9 Å². The van der Waals surface area contributed by atoms with Crippen LogP contribution in [0.25, 0.3) is 0 Å². The number of rotatable bonds is 0. The van der Waals surface area contributed by atoms with E-state index in [2.05, 4.69) is 4.98 Å². The molecule has 0 saturated carbocycles. The van der Waals surface area contributed by atoms with Gasteiger partial charge in [-0.3, -0.25) is 4.98 Å². The Balaban J connectivity index is 0.00000108. The molecular formula is C13H14FeN3-. The van der Waals surface area contributed by atoms with Crippen molar-refractivity contribution >= 4 is 11.4 Å². The van der Waals surface area contributed by atoms with Gasteiger partial charge in [-0.1, -0.05) is 6.42 Å². The van der Waals surface area contributed by atoms with Gasteiger partial charge in [-0.15, -0.1) is 17.3 Å². The van der Waals surface area contributed by atoms with E-state index in [1.54, 1.807) is 0 Å². The summed E-state index contributed by atoms with van der Waals surface area (Å²) in [7, 11) is 0. The standard InChI is InChI=1S/C13H14N3.Fe/c14-10-3-1-5-12-8(10)7-9-11(15)4-2-6-13(9)16-12;/h3,7,14-15H,1-2,4-6H2;/q-1;. The van der Waals surface area contributed by atoms with Crippen LogP contribution in [0.3, 0.4) is 0 Å². The van der Waals surface area contributed by atoms with Gasteiger partial charge in [0.1, 0.15) is 0 Å². The van der Waals surface area contributed by atoms with Crippen molar-refractivity contribution in [2.75, 3.05) is 0 Å². The molecule has 90 valence electrons. The molecule has 3 rings (SSSR count). The molecule has 0 aliphatic heterocycles. The molecular weight excluding hydrogens is 254 g/mol. The Bertz CT molecular complexity index is 452. The van der Waals surface area contributed by atoms with Crippen LogP contribution in [-0.4, -0.2) is 16.4 Å². The van der Waals surface area contributed by atoms with Gasteiger partial charge in [0.2, 0.25) is 0 Å². The second-order valence-corrected chi connectivity index (χ2v) is 4.47. The van der Waals surface area contributed by atoms with E-state index in [0.717, 1.165) is 54.6 Å². The Labute approximate surface area is 112 Å². The Kier molecular flexibility index (Phi) is 3.36. The van der Waals surface area contributed by atoms with Crippen molar-refractivity contribution in [2.45, 2.75) is 32.1 Å². The van der Waals surface area contributed by atoms with Crippen molar-refractivity contribution in [3.8, 4) is 0 Å². The van der Waals surface area contributed by atoms with Crippen molar-refractivity contribution in [1.82, 2.24) is 4.98 Å². The van der Waals surface area contributed by atoms with Gasteiger partial charge in [0, 0.05) is 28.5 Å². The Hall–Kier alpha value is -1.12. The second kappa shape index (κ2) is 4.63. The molecule has 0 spiro atoms. The first kappa shape index (κ1) is 12.3. The molecule has 0 fully saturated rings. The van der Waals surface area contributed by atoms with Crippen LogP contribution in [-0.2, 0) is 29.9 Å². The summed E-state index contributed by atoms with van der Waals surface area (Å²) in [6.45, 7) is 0. The molecule has 1 aromatic heterocycles. The van der Waals surface area contributed by atoms with Crippen molar-refractivity contribution in [2.24, 2.45) is 0 Å². The van der Waals surface area contributed by atoms with Gasteiger partial charge < -0.3 is 10.8 Å². The van der Waals surface area contributed by atoms with Crippen LogP contribution in [0.5, 0.6) is 0 Å². The third kappa shape index (κ3) is 2.03. The van der Waals surface area contributed by atoms with Gasteiger partial charge in [0.25, 0.3) is 0 Å². The fourth-order valence-corrected chi connectivity index (χ4v) is 2.50. The maximum Gasteiger partial charge on any atom is 0.0463 e. The quantitative estimate of drug-likeness (QED) is 0.550. The van der Waals surface area contributed by atoms with Gasteiger partial charge >= 0.3 is 0 Å². The van der Waals surface area contributed by atoms with Gasteiger partial charge in [0.15, 0.2) is 0 Å². The zero-order valence-electron chi connectivity index (χ0n) is 9.49. The molecule has 17 heavy (non-hydrogen) atoms. The van der Waals surface area contributed by atoms with Crippen LogP contribution >= 0.6 is 0 Å². The number of pyridine rings is 1. The molecule has 0 atom stereocenters. The van der Waals surface area contributed by atoms with Crippen LogP contribution in [0.1, 0.15) is 41.8 Å². The average Bonchev–Trinajstić information content (AvgIpc) is 2.28. The second-order valence-electron chi connectivity index (χ2n) is 4.47. The van der Waals surface area contributed by atoms with Crippen LogP contribution in [0, 0.1) is 17.2 Å². The number of nitrogens with zero attached hydrogens (tertiary/aromatic N) is 1. The number of aryl methyl sites for hydroxylation is 2. The van der Waals surface area contributed by atoms with E-state index in [4.69, 9.17) is 10.8 Å². The van der Waals surface area contributed by atoms with Crippen LogP contribution in [0.15, 0.2) is 6.07 Å². The molecule has 0 radical (unpaired) electrons. The summed E-state index contributed by atoms with van der Waals surface area (Å²) < 4.78 is 0. The van der Waals surface area contributed by atoms with E-state index in [-0.39, 0.29) is 17.1 Å². The summed E-state index contributed by atoms with van der Waals surface area (Å²) in [6.07, 6.45) is 6.70. The normalized spacial score (nSPS) is 17.6. The van der Waals surface area contributed by atoms with E-state index in [1.165, 1.54) is 0 Å². The monoisotopic (exact) mass is 268 g/mol. The molecule has 0 unspecified atom stereocenters. The van der Waals surface area contributed by atoms with E-state index < -0.39 is 0 Å². The van der Waals surface area contributed by atoms with Crippen LogP contribution in [0.4, 0.5) is 0 Å². The van der Waals surface area contributed by atoms with E-state index in [1.807, 2.05) is 12.5 Å². The minimum atomic E-state index is 0. The topological polar surface area (TPSA) is 60.6 Å². The minimum Gasteiger partial charge on any atom is -0.339 e. The van der Waals surface area contributed by atoms with E-state index >= 15 is 0 Å². The van der Waals surface area contributed by atoms with Gasteiger partial charge in [-0.2, -0.15) is 0 Å². The van der Waals surface area contributed by atoms with Crippen molar-refractivity contribution in [1.29, 1.82) is 10.8 Å². The van der Waals surface area contributed by atoms with Crippen molar-refractivity contribution < 1.29 is 17.1 Å². The fraction of sp³-hybridized carbons (Fsp3) is 0.385.